The number of ketones is 1. The predicted molar refractivity (Wildman–Crippen MR) is 149 cm³/mol. The Balaban J connectivity index is 1.77. The number of fused-ring (bicyclic) bond motifs is 1. The van der Waals surface area contributed by atoms with Crippen LogP contribution in [0.15, 0.2) is 51.8 Å². The Morgan fingerprint density at radius 2 is 1.90 bits per heavy atom. The first-order chi connectivity index (χ1) is 18.3. The number of hydrogen-bond donors (Lipinski definition) is 2. The molecule has 0 fully saturated rings. The van der Waals surface area contributed by atoms with Crippen molar-refractivity contribution < 1.29 is 28.6 Å². The molecule has 3 rings (SSSR count). The Bertz CT molecular complexity index is 1430. The molecule has 1 atom stereocenters. The second-order valence-electron chi connectivity index (χ2n) is 10.7. The summed E-state index contributed by atoms with van der Waals surface area (Å²) in [5, 5.41) is 14.1. The van der Waals surface area contributed by atoms with Crippen LogP contribution in [0.3, 0.4) is 0 Å². The number of hydrogen-bond acceptors (Lipinski definition) is 7. The van der Waals surface area contributed by atoms with E-state index in [4.69, 9.17) is 9.15 Å². The van der Waals surface area contributed by atoms with Crippen LogP contribution in [-0.4, -0.2) is 34.8 Å². The standard InChI is InChI=1S/C30H38N2O7/c1-18(2)38-22-11-12-23-20(15-22)14-21(32(23)6)17-30(4,5)27(34)26-24(33)16-25(39-28(26)35)19(3)10-8-9-13-31-29(36)37-7/h9,11-16,18-19,33H,8,10,17H2,1-7H3,(H,31,36)/b13-9+. The molecular weight excluding hydrogens is 500 g/mol. The van der Waals surface area contributed by atoms with Gasteiger partial charge in [0, 0.05) is 53.7 Å². The third-order valence-electron chi connectivity index (χ3n) is 6.66. The second-order valence-corrected chi connectivity index (χ2v) is 10.7. The van der Waals surface area contributed by atoms with Crippen LogP contribution in [0.2, 0.25) is 0 Å². The fourth-order valence-corrected chi connectivity index (χ4v) is 4.48. The monoisotopic (exact) mass is 538 g/mol. The van der Waals surface area contributed by atoms with E-state index in [9.17, 15) is 19.5 Å². The molecule has 0 aliphatic carbocycles. The summed E-state index contributed by atoms with van der Waals surface area (Å²) in [5.41, 5.74) is -0.277. The number of alkyl carbamates (subject to hydrolysis) is 1. The molecular formula is C30H38N2O7. The Hall–Kier alpha value is -4.01. The maximum Gasteiger partial charge on any atom is 0.410 e. The highest BCUT2D eigenvalue weighted by molar-refractivity contribution is 6.02. The summed E-state index contributed by atoms with van der Waals surface area (Å²) in [7, 11) is 3.21. The first-order valence-electron chi connectivity index (χ1n) is 13.0. The topological polar surface area (TPSA) is 120 Å². The molecule has 9 heteroatoms. The molecule has 1 aromatic carbocycles. The highest BCUT2D eigenvalue weighted by Crippen LogP contribution is 2.33. The van der Waals surface area contributed by atoms with Crippen molar-refractivity contribution in [1.82, 2.24) is 9.88 Å². The lowest BCUT2D eigenvalue weighted by Crippen LogP contribution is -2.31. The maximum atomic E-state index is 13.5. The third kappa shape index (κ3) is 7.10. The van der Waals surface area contributed by atoms with Crippen molar-refractivity contribution in [2.24, 2.45) is 12.5 Å². The lowest BCUT2D eigenvalue weighted by atomic mass is 9.80. The molecule has 9 nitrogen and oxygen atoms in total. The molecule has 1 amide bonds. The number of rotatable bonds is 11. The Kier molecular flexibility index (Phi) is 9.27. The molecule has 3 aromatic rings. The lowest BCUT2D eigenvalue weighted by molar-refractivity contribution is 0.0827. The Morgan fingerprint density at radius 1 is 1.18 bits per heavy atom. The van der Waals surface area contributed by atoms with Gasteiger partial charge in [-0.25, -0.2) is 9.59 Å². The van der Waals surface area contributed by atoms with Gasteiger partial charge in [-0.1, -0.05) is 26.8 Å². The minimum Gasteiger partial charge on any atom is -0.507 e. The van der Waals surface area contributed by atoms with Crippen molar-refractivity contribution in [3.63, 3.8) is 0 Å². The molecule has 210 valence electrons. The van der Waals surface area contributed by atoms with Crippen molar-refractivity contribution in [3.05, 3.63) is 70.0 Å². The number of carbonyl (C=O) groups excluding carboxylic acids is 2. The zero-order valence-corrected chi connectivity index (χ0v) is 23.7. The van der Waals surface area contributed by atoms with Gasteiger partial charge in [0.1, 0.15) is 22.8 Å². The molecule has 2 heterocycles. The molecule has 0 aliphatic heterocycles. The highest BCUT2D eigenvalue weighted by Gasteiger charge is 2.35. The van der Waals surface area contributed by atoms with Gasteiger partial charge < -0.3 is 23.6 Å². The SMILES string of the molecule is COC(=O)N/C=C/CCC(C)c1cc(O)c(C(=O)C(C)(C)Cc2cc3cc(OC(C)C)ccc3n2C)c(=O)o1. The zero-order chi connectivity index (χ0) is 28.9. The van der Waals surface area contributed by atoms with E-state index in [0.717, 1.165) is 22.3 Å². The molecule has 1 unspecified atom stereocenters. The Labute approximate surface area is 228 Å². The van der Waals surface area contributed by atoms with Crippen LogP contribution in [0.1, 0.15) is 75.2 Å². The van der Waals surface area contributed by atoms with Gasteiger partial charge in [0.2, 0.25) is 0 Å². The minimum absolute atomic E-state index is 0.0584. The van der Waals surface area contributed by atoms with Gasteiger partial charge in [-0.3, -0.25) is 10.1 Å². The zero-order valence-electron chi connectivity index (χ0n) is 23.7. The van der Waals surface area contributed by atoms with Gasteiger partial charge in [-0.2, -0.15) is 0 Å². The van der Waals surface area contributed by atoms with Crippen LogP contribution < -0.4 is 15.7 Å². The molecule has 0 saturated carbocycles. The van der Waals surface area contributed by atoms with Gasteiger partial charge in [0.05, 0.1) is 13.2 Å². The first-order valence-corrected chi connectivity index (χ1v) is 13.0. The van der Waals surface area contributed by atoms with Crippen molar-refractivity contribution >= 4 is 22.8 Å². The van der Waals surface area contributed by atoms with E-state index >= 15 is 0 Å². The molecule has 0 spiro atoms. The summed E-state index contributed by atoms with van der Waals surface area (Å²) < 4.78 is 17.8. The molecule has 0 aliphatic rings. The highest BCUT2D eigenvalue weighted by atomic mass is 16.5. The van der Waals surface area contributed by atoms with Crippen LogP contribution in [0.4, 0.5) is 4.79 Å². The second kappa shape index (κ2) is 12.2. The molecule has 2 N–H and O–H groups in total. The molecule has 39 heavy (non-hydrogen) atoms. The van der Waals surface area contributed by atoms with Gasteiger partial charge in [-0.05, 0) is 51.0 Å². The smallest absolute Gasteiger partial charge is 0.410 e. The van der Waals surface area contributed by atoms with Gasteiger partial charge in [0.25, 0.3) is 0 Å². The number of allylic oxidation sites excluding steroid dienone is 1. The fourth-order valence-electron chi connectivity index (χ4n) is 4.48. The summed E-state index contributed by atoms with van der Waals surface area (Å²) in [4.78, 5) is 37.5. The van der Waals surface area contributed by atoms with Crippen LogP contribution in [0, 0.1) is 5.41 Å². The van der Waals surface area contributed by atoms with E-state index in [1.165, 1.54) is 19.4 Å². The number of methoxy groups -OCH3 is 1. The Morgan fingerprint density at radius 3 is 2.54 bits per heavy atom. The average molecular weight is 539 g/mol. The number of ether oxygens (including phenoxy) is 2. The van der Waals surface area contributed by atoms with E-state index in [-0.39, 0.29) is 29.1 Å². The molecule has 0 radical (unpaired) electrons. The van der Waals surface area contributed by atoms with E-state index in [1.54, 1.807) is 19.9 Å². The van der Waals surface area contributed by atoms with Crippen molar-refractivity contribution in [3.8, 4) is 11.5 Å². The third-order valence-corrected chi connectivity index (χ3v) is 6.66. The number of Topliss-reactive ketones (excluding diaryl/α,β-unsaturated/α-hetero) is 1. The number of nitrogens with zero attached hydrogens (tertiary/aromatic N) is 1. The number of aromatic nitrogens is 1. The quantitative estimate of drug-likeness (QED) is 0.295. The first kappa shape index (κ1) is 29.5. The molecule has 2 aromatic heterocycles. The van der Waals surface area contributed by atoms with Gasteiger partial charge in [0.15, 0.2) is 5.78 Å². The summed E-state index contributed by atoms with van der Waals surface area (Å²) in [6.45, 7) is 9.30. The minimum atomic E-state index is -0.990. The summed E-state index contributed by atoms with van der Waals surface area (Å²) in [6.07, 6.45) is 4.24. The van der Waals surface area contributed by atoms with Crippen LogP contribution in [0.25, 0.3) is 10.9 Å². The summed E-state index contributed by atoms with van der Waals surface area (Å²) in [5.74, 6) is -0.0191. The number of aromatic hydroxyl groups is 1. The van der Waals surface area contributed by atoms with Crippen molar-refractivity contribution in [2.75, 3.05) is 7.11 Å². The van der Waals surface area contributed by atoms with E-state index in [2.05, 4.69) is 10.1 Å². The largest absolute Gasteiger partial charge is 0.507 e. The average Bonchev–Trinajstić information content (AvgIpc) is 3.16. The summed E-state index contributed by atoms with van der Waals surface area (Å²) in [6, 6.07) is 9.24. The van der Waals surface area contributed by atoms with Crippen LogP contribution in [0.5, 0.6) is 11.5 Å². The van der Waals surface area contributed by atoms with Gasteiger partial charge >= 0.3 is 11.7 Å². The van der Waals surface area contributed by atoms with E-state index in [1.807, 2.05) is 56.7 Å². The van der Waals surface area contributed by atoms with Crippen LogP contribution >= 0.6 is 0 Å². The lowest BCUT2D eigenvalue weighted by Gasteiger charge is -2.23. The maximum absolute atomic E-state index is 13.5. The van der Waals surface area contributed by atoms with E-state index in [0.29, 0.717) is 19.3 Å². The number of aryl methyl sites for hydroxylation is 1. The van der Waals surface area contributed by atoms with Crippen LogP contribution in [-0.2, 0) is 18.2 Å². The van der Waals surface area contributed by atoms with Crippen molar-refractivity contribution in [2.45, 2.75) is 65.9 Å². The number of carbonyl (C=O) groups is 2. The van der Waals surface area contributed by atoms with Gasteiger partial charge in [-0.15, -0.1) is 0 Å². The molecule has 0 bridgehead atoms. The fraction of sp³-hybridized carbons (Fsp3) is 0.433. The predicted octanol–water partition coefficient (Wildman–Crippen LogP) is 5.83. The number of amides is 1. The van der Waals surface area contributed by atoms with E-state index < -0.39 is 22.9 Å². The number of benzene rings is 1. The molecule has 0 saturated heterocycles. The normalized spacial score (nSPS) is 12.7. The van der Waals surface area contributed by atoms with Crippen molar-refractivity contribution in [1.29, 1.82) is 0 Å². The number of nitrogens with one attached hydrogen (secondary N) is 1. The summed E-state index contributed by atoms with van der Waals surface area (Å²) >= 11 is 0.